The van der Waals surface area contributed by atoms with Crippen LogP contribution < -0.4 is 0 Å². The van der Waals surface area contributed by atoms with Crippen LogP contribution in [0.25, 0.3) is 0 Å². The highest BCUT2D eigenvalue weighted by molar-refractivity contribution is 7.92. The minimum absolute atomic E-state index is 0.383. The van der Waals surface area contributed by atoms with E-state index in [1.165, 1.54) is 5.56 Å². The third-order valence-corrected chi connectivity index (χ3v) is 4.18. The van der Waals surface area contributed by atoms with E-state index in [-0.39, 0.29) is 0 Å². The first-order chi connectivity index (χ1) is 6.47. The standard InChI is InChI=1S/C11H17NOS/c1-4-14(12,13)11-7-5-10(6-8-11)9(2)3/h5-9,12H,4H2,1-3H3. The van der Waals surface area contributed by atoms with E-state index in [1.54, 1.807) is 6.92 Å². The van der Waals surface area contributed by atoms with Crippen LogP contribution in [0.1, 0.15) is 32.3 Å². The van der Waals surface area contributed by atoms with Crippen molar-refractivity contribution in [3.63, 3.8) is 0 Å². The molecule has 0 spiro atoms. The molecule has 0 aliphatic carbocycles. The Morgan fingerprint density at radius 3 is 2.14 bits per heavy atom. The second-order valence-electron chi connectivity index (χ2n) is 3.69. The summed E-state index contributed by atoms with van der Waals surface area (Å²) in [6.07, 6.45) is 0. The van der Waals surface area contributed by atoms with Gasteiger partial charge in [-0.1, -0.05) is 32.9 Å². The SMILES string of the molecule is CCS(=N)(=O)c1ccc(C(C)C)cc1. The van der Waals surface area contributed by atoms with E-state index < -0.39 is 9.73 Å². The van der Waals surface area contributed by atoms with Crippen LogP contribution >= 0.6 is 0 Å². The second kappa shape index (κ2) is 4.13. The number of nitrogens with one attached hydrogen (secondary N) is 1. The van der Waals surface area contributed by atoms with E-state index in [4.69, 9.17) is 4.78 Å². The topological polar surface area (TPSA) is 40.9 Å². The summed E-state index contributed by atoms with van der Waals surface area (Å²) < 4.78 is 19.3. The Morgan fingerprint density at radius 2 is 1.79 bits per heavy atom. The van der Waals surface area contributed by atoms with Crippen LogP contribution in [0.2, 0.25) is 0 Å². The molecule has 2 nitrogen and oxygen atoms in total. The maximum absolute atomic E-state index is 11.7. The fraction of sp³-hybridized carbons (Fsp3) is 0.455. The van der Waals surface area contributed by atoms with Gasteiger partial charge in [-0.05, 0) is 23.6 Å². The first-order valence-electron chi connectivity index (χ1n) is 4.84. The van der Waals surface area contributed by atoms with Crippen LogP contribution in [0.5, 0.6) is 0 Å². The van der Waals surface area contributed by atoms with E-state index in [9.17, 15) is 4.21 Å². The molecule has 1 atom stereocenters. The molecule has 0 aliphatic rings. The second-order valence-corrected chi connectivity index (χ2v) is 6.09. The van der Waals surface area contributed by atoms with Gasteiger partial charge in [0.15, 0.2) is 0 Å². The lowest BCUT2D eigenvalue weighted by molar-refractivity contribution is 0.675. The van der Waals surface area contributed by atoms with Gasteiger partial charge in [-0.2, -0.15) is 0 Å². The van der Waals surface area contributed by atoms with E-state index >= 15 is 0 Å². The van der Waals surface area contributed by atoms with Crippen LogP contribution in [-0.2, 0) is 9.73 Å². The summed E-state index contributed by atoms with van der Waals surface area (Å²) in [6, 6.07) is 7.55. The number of rotatable bonds is 3. The molecule has 1 rings (SSSR count). The summed E-state index contributed by atoms with van der Waals surface area (Å²) in [5.74, 6) is 0.862. The molecule has 0 saturated carbocycles. The van der Waals surface area contributed by atoms with Crippen LogP contribution in [0.3, 0.4) is 0 Å². The van der Waals surface area contributed by atoms with E-state index in [2.05, 4.69) is 13.8 Å². The van der Waals surface area contributed by atoms with E-state index in [0.717, 1.165) is 0 Å². The van der Waals surface area contributed by atoms with Gasteiger partial charge in [0.25, 0.3) is 0 Å². The van der Waals surface area contributed by atoms with Crippen molar-refractivity contribution in [2.45, 2.75) is 31.6 Å². The molecule has 3 heteroatoms. The summed E-state index contributed by atoms with van der Waals surface area (Å²) in [7, 11) is -2.54. The number of benzene rings is 1. The van der Waals surface area contributed by atoms with Crippen LogP contribution in [0.15, 0.2) is 29.2 Å². The summed E-state index contributed by atoms with van der Waals surface area (Å²) in [5.41, 5.74) is 1.22. The molecular weight excluding hydrogens is 194 g/mol. The molecule has 1 N–H and O–H groups in total. The Balaban J connectivity index is 3.06. The monoisotopic (exact) mass is 211 g/mol. The first-order valence-corrected chi connectivity index (χ1v) is 6.56. The fourth-order valence-electron chi connectivity index (χ4n) is 1.24. The highest BCUT2D eigenvalue weighted by Crippen LogP contribution is 2.18. The van der Waals surface area contributed by atoms with E-state index in [0.29, 0.717) is 16.6 Å². The van der Waals surface area contributed by atoms with Crippen molar-refractivity contribution in [1.29, 1.82) is 4.78 Å². The lowest BCUT2D eigenvalue weighted by Gasteiger charge is -2.08. The molecule has 0 saturated heterocycles. The van der Waals surface area contributed by atoms with Gasteiger partial charge in [-0.3, -0.25) is 0 Å². The van der Waals surface area contributed by atoms with Gasteiger partial charge in [0, 0.05) is 10.6 Å². The maximum Gasteiger partial charge on any atom is 0.0723 e. The fourth-order valence-corrected chi connectivity index (χ4v) is 2.15. The van der Waals surface area contributed by atoms with Crippen molar-refractivity contribution in [1.82, 2.24) is 0 Å². The minimum Gasteiger partial charge on any atom is -0.249 e. The quantitative estimate of drug-likeness (QED) is 0.819. The van der Waals surface area contributed by atoms with Gasteiger partial charge in [0.1, 0.15) is 0 Å². The average molecular weight is 211 g/mol. The molecule has 0 amide bonds. The maximum atomic E-state index is 11.7. The molecule has 1 unspecified atom stereocenters. The Labute approximate surface area is 86.3 Å². The third-order valence-electron chi connectivity index (χ3n) is 2.33. The van der Waals surface area contributed by atoms with Crippen molar-refractivity contribution in [2.75, 3.05) is 5.75 Å². The Kier molecular flexibility index (Phi) is 3.32. The Hall–Kier alpha value is -0.830. The molecular formula is C11H17NOS. The number of hydrogen-bond acceptors (Lipinski definition) is 2. The molecule has 0 bridgehead atoms. The van der Waals surface area contributed by atoms with E-state index in [1.807, 2.05) is 24.3 Å². The lowest BCUT2D eigenvalue weighted by Crippen LogP contribution is -2.01. The molecule has 0 heterocycles. The molecule has 78 valence electrons. The lowest BCUT2D eigenvalue weighted by atomic mass is 10.0. The highest BCUT2D eigenvalue weighted by atomic mass is 32.2. The normalized spacial score (nSPS) is 15.4. The third kappa shape index (κ3) is 2.35. The molecule has 1 aromatic rings. The minimum atomic E-state index is -2.54. The zero-order valence-corrected chi connectivity index (χ0v) is 9.73. The summed E-state index contributed by atoms with van der Waals surface area (Å²) >= 11 is 0. The summed E-state index contributed by atoms with van der Waals surface area (Å²) in [5, 5.41) is 0. The van der Waals surface area contributed by atoms with Gasteiger partial charge < -0.3 is 0 Å². The highest BCUT2D eigenvalue weighted by Gasteiger charge is 2.07. The van der Waals surface area contributed by atoms with Gasteiger partial charge >= 0.3 is 0 Å². The Bertz CT molecular complexity index is 390. The smallest absolute Gasteiger partial charge is 0.0723 e. The van der Waals surface area contributed by atoms with Crippen LogP contribution in [-0.4, -0.2) is 9.96 Å². The average Bonchev–Trinajstić information content (AvgIpc) is 2.18. The molecule has 0 fully saturated rings. The van der Waals surface area contributed by atoms with Gasteiger partial charge in [-0.15, -0.1) is 0 Å². The Morgan fingerprint density at radius 1 is 1.29 bits per heavy atom. The molecule has 0 aliphatic heterocycles. The predicted octanol–water partition coefficient (Wildman–Crippen LogP) is 3.24. The van der Waals surface area contributed by atoms with Crippen molar-refractivity contribution < 1.29 is 4.21 Å². The molecule has 1 aromatic carbocycles. The molecule has 0 radical (unpaired) electrons. The van der Waals surface area contributed by atoms with Crippen molar-refractivity contribution in [3.8, 4) is 0 Å². The zero-order chi connectivity index (χ0) is 10.8. The predicted molar refractivity (Wildman–Crippen MR) is 60.2 cm³/mol. The largest absolute Gasteiger partial charge is 0.249 e. The zero-order valence-electron chi connectivity index (χ0n) is 8.91. The van der Waals surface area contributed by atoms with Crippen molar-refractivity contribution in [3.05, 3.63) is 29.8 Å². The molecule has 0 aromatic heterocycles. The number of hydrogen-bond donors (Lipinski definition) is 1. The van der Waals surface area contributed by atoms with Crippen molar-refractivity contribution in [2.24, 2.45) is 0 Å². The molecule has 14 heavy (non-hydrogen) atoms. The van der Waals surface area contributed by atoms with Crippen molar-refractivity contribution >= 4 is 9.73 Å². The van der Waals surface area contributed by atoms with Crippen LogP contribution in [0.4, 0.5) is 0 Å². The van der Waals surface area contributed by atoms with Gasteiger partial charge in [0.05, 0.1) is 9.73 Å². The van der Waals surface area contributed by atoms with Gasteiger partial charge in [0.2, 0.25) is 0 Å². The first kappa shape index (κ1) is 11.2. The summed E-state index contributed by atoms with van der Waals surface area (Å²) in [6.45, 7) is 6.02. The van der Waals surface area contributed by atoms with Gasteiger partial charge in [-0.25, -0.2) is 8.99 Å². The summed E-state index contributed by atoms with van der Waals surface area (Å²) in [4.78, 5) is 0.643. The van der Waals surface area contributed by atoms with Crippen LogP contribution in [0, 0.1) is 4.78 Å².